The van der Waals surface area contributed by atoms with Gasteiger partial charge in [0.05, 0.1) is 6.07 Å². The second-order valence-corrected chi connectivity index (χ2v) is 4.23. The van der Waals surface area contributed by atoms with Crippen LogP contribution in [0.5, 0.6) is 0 Å². The van der Waals surface area contributed by atoms with Gasteiger partial charge in [0.1, 0.15) is 11.7 Å². The lowest BCUT2D eigenvalue weighted by molar-refractivity contribution is 0.0977. The van der Waals surface area contributed by atoms with Crippen LogP contribution in [0.15, 0.2) is 36.4 Å². The van der Waals surface area contributed by atoms with Crippen molar-refractivity contribution in [2.45, 2.75) is 5.92 Å². The van der Waals surface area contributed by atoms with E-state index in [9.17, 15) is 22.4 Å². The van der Waals surface area contributed by atoms with Crippen LogP contribution < -0.4 is 0 Å². The average Bonchev–Trinajstić information content (AvgIpc) is 2.46. The van der Waals surface area contributed by atoms with Gasteiger partial charge in [0.2, 0.25) is 0 Å². The highest BCUT2D eigenvalue weighted by molar-refractivity contribution is 6.02. The zero-order chi connectivity index (χ0) is 15.6. The largest absolute Gasteiger partial charge is 0.292 e. The van der Waals surface area contributed by atoms with E-state index in [4.69, 9.17) is 5.26 Å². The molecule has 0 fully saturated rings. The molecule has 106 valence electrons. The Labute approximate surface area is 117 Å². The first kappa shape index (κ1) is 14.7. The van der Waals surface area contributed by atoms with Crippen LogP contribution in [0, 0.1) is 34.6 Å². The first-order valence-corrected chi connectivity index (χ1v) is 5.78. The van der Waals surface area contributed by atoms with Crippen molar-refractivity contribution in [3.63, 3.8) is 0 Å². The minimum Gasteiger partial charge on any atom is -0.292 e. The van der Waals surface area contributed by atoms with Gasteiger partial charge in [-0.05, 0) is 29.8 Å². The molecule has 0 aromatic heterocycles. The second-order valence-electron chi connectivity index (χ2n) is 4.23. The van der Waals surface area contributed by atoms with Gasteiger partial charge in [0.15, 0.2) is 23.2 Å². The van der Waals surface area contributed by atoms with E-state index in [0.29, 0.717) is 12.1 Å². The molecule has 1 unspecified atom stereocenters. The average molecular weight is 293 g/mol. The lowest BCUT2D eigenvalue weighted by Crippen LogP contribution is -2.12. The lowest BCUT2D eigenvalue weighted by Gasteiger charge is -2.09. The van der Waals surface area contributed by atoms with Crippen molar-refractivity contribution in [2.75, 3.05) is 0 Å². The van der Waals surface area contributed by atoms with Crippen molar-refractivity contribution in [3.8, 4) is 6.07 Å². The number of nitrogens with zero attached hydrogens (tertiary/aromatic N) is 1. The Bertz CT molecular complexity index is 711. The van der Waals surface area contributed by atoms with E-state index in [0.717, 1.165) is 12.1 Å². The minimum atomic E-state index is -1.69. The Kier molecular flexibility index (Phi) is 4.03. The molecule has 0 bridgehead atoms. The minimum absolute atomic E-state index is 0.175. The van der Waals surface area contributed by atoms with E-state index < -0.39 is 40.5 Å². The number of carbonyl (C=O) groups excluding carboxylic acids is 1. The number of Topliss-reactive ketones (excluding diaryl/α,β-unsaturated/α-hetero) is 1. The summed E-state index contributed by atoms with van der Waals surface area (Å²) in [6.45, 7) is 0. The third kappa shape index (κ3) is 2.92. The van der Waals surface area contributed by atoms with Crippen LogP contribution in [0.3, 0.4) is 0 Å². The highest BCUT2D eigenvalue weighted by Crippen LogP contribution is 2.23. The van der Waals surface area contributed by atoms with Gasteiger partial charge in [-0.15, -0.1) is 0 Å². The van der Waals surface area contributed by atoms with Crippen molar-refractivity contribution >= 4 is 5.78 Å². The van der Waals surface area contributed by atoms with E-state index >= 15 is 0 Å². The van der Waals surface area contributed by atoms with Gasteiger partial charge in [-0.1, -0.05) is 12.1 Å². The van der Waals surface area contributed by atoms with Crippen LogP contribution in [-0.2, 0) is 0 Å². The first-order chi connectivity index (χ1) is 9.93. The molecule has 6 heteroatoms. The normalized spacial score (nSPS) is 11.8. The van der Waals surface area contributed by atoms with E-state index in [1.807, 2.05) is 0 Å². The summed E-state index contributed by atoms with van der Waals surface area (Å²) in [5, 5.41) is 9.05. The van der Waals surface area contributed by atoms with Crippen molar-refractivity contribution in [3.05, 3.63) is 70.8 Å². The Morgan fingerprint density at radius 3 is 2.00 bits per heavy atom. The van der Waals surface area contributed by atoms with Crippen LogP contribution in [-0.4, -0.2) is 5.78 Å². The predicted octanol–water partition coefficient (Wildman–Crippen LogP) is 3.73. The Balaban J connectivity index is 2.42. The van der Waals surface area contributed by atoms with Crippen LogP contribution >= 0.6 is 0 Å². The molecule has 0 spiro atoms. The van der Waals surface area contributed by atoms with Crippen molar-refractivity contribution < 1.29 is 22.4 Å². The summed E-state index contributed by atoms with van der Waals surface area (Å²) in [7, 11) is 0. The van der Waals surface area contributed by atoms with Gasteiger partial charge >= 0.3 is 0 Å². The number of benzene rings is 2. The third-order valence-corrected chi connectivity index (χ3v) is 2.86. The number of carbonyl (C=O) groups is 1. The molecule has 0 saturated carbocycles. The molecule has 0 radical (unpaired) electrons. The maximum absolute atomic E-state index is 13.1. The molecule has 0 aliphatic heterocycles. The highest BCUT2D eigenvalue weighted by atomic mass is 19.2. The summed E-state index contributed by atoms with van der Waals surface area (Å²) in [5.74, 6) is -7.55. The topological polar surface area (TPSA) is 40.9 Å². The SMILES string of the molecule is N#CC(C(=O)c1cc(F)c(F)c(F)c1)c1ccc(F)cc1. The molecule has 0 heterocycles. The number of nitriles is 1. The smallest absolute Gasteiger partial charge is 0.194 e. The van der Waals surface area contributed by atoms with Crippen LogP contribution in [0.2, 0.25) is 0 Å². The summed E-state index contributed by atoms with van der Waals surface area (Å²) in [4.78, 5) is 12.1. The lowest BCUT2D eigenvalue weighted by atomic mass is 9.92. The number of hydrogen-bond acceptors (Lipinski definition) is 2. The molecule has 0 N–H and O–H groups in total. The summed E-state index contributed by atoms with van der Waals surface area (Å²) in [5.41, 5.74) is -0.295. The molecular weight excluding hydrogens is 286 g/mol. The summed E-state index contributed by atoms with van der Waals surface area (Å²) in [6.07, 6.45) is 0. The number of ketones is 1. The standard InChI is InChI=1S/C15H7F4NO/c16-10-3-1-8(2-4-10)11(7-20)15(21)9-5-12(17)14(19)13(18)6-9/h1-6,11H. The monoisotopic (exact) mass is 293 g/mol. The molecule has 1 atom stereocenters. The fraction of sp³-hybridized carbons (Fsp3) is 0.0667. The van der Waals surface area contributed by atoms with Gasteiger partial charge in [-0.3, -0.25) is 4.79 Å². The highest BCUT2D eigenvalue weighted by Gasteiger charge is 2.24. The molecule has 0 saturated heterocycles. The maximum Gasteiger partial charge on any atom is 0.194 e. The maximum atomic E-state index is 13.1. The molecule has 2 aromatic rings. The fourth-order valence-corrected chi connectivity index (χ4v) is 1.80. The molecule has 0 aliphatic rings. The number of rotatable bonds is 3. The van der Waals surface area contributed by atoms with Crippen molar-refractivity contribution in [2.24, 2.45) is 0 Å². The van der Waals surface area contributed by atoms with E-state index in [1.165, 1.54) is 12.1 Å². The van der Waals surface area contributed by atoms with Gasteiger partial charge < -0.3 is 0 Å². The van der Waals surface area contributed by atoms with Crippen LogP contribution in [0.4, 0.5) is 17.6 Å². The van der Waals surface area contributed by atoms with Crippen LogP contribution in [0.1, 0.15) is 21.8 Å². The Morgan fingerprint density at radius 1 is 1.00 bits per heavy atom. The zero-order valence-electron chi connectivity index (χ0n) is 10.4. The fourth-order valence-electron chi connectivity index (χ4n) is 1.80. The summed E-state index contributed by atoms with van der Waals surface area (Å²) in [6, 6.07) is 7.27. The molecule has 0 amide bonds. The van der Waals surface area contributed by atoms with Crippen molar-refractivity contribution in [1.29, 1.82) is 5.26 Å². The predicted molar refractivity (Wildman–Crippen MR) is 65.4 cm³/mol. The van der Waals surface area contributed by atoms with Gasteiger partial charge in [0.25, 0.3) is 0 Å². The van der Waals surface area contributed by atoms with Crippen molar-refractivity contribution in [1.82, 2.24) is 0 Å². The zero-order valence-corrected chi connectivity index (χ0v) is 10.4. The van der Waals surface area contributed by atoms with Crippen LogP contribution in [0.25, 0.3) is 0 Å². The molecule has 2 nitrogen and oxygen atoms in total. The Hall–Kier alpha value is -2.68. The molecule has 0 aliphatic carbocycles. The molecular formula is C15H7F4NO. The number of hydrogen-bond donors (Lipinski definition) is 0. The second kappa shape index (κ2) is 5.75. The van der Waals surface area contributed by atoms with E-state index in [2.05, 4.69) is 0 Å². The summed E-state index contributed by atoms with van der Waals surface area (Å²) < 4.78 is 51.9. The molecule has 21 heavy (non-hydrogen) atoms. The Morgan fingerprint density at radius 2 is 1.52 bits per heavy atom. The third-order valence-electron chi connectivity index (χ3n) is 2.86. The van der Waals surface area contributed by atoms with E-state index in [1.54, 1.807) is 6.07 Å². The van der Waals surface area contributed by atoms with Gasteiger partial charge in [0, 0.05) is 5.56 Å². The first-order valence-electron chi connectivity index (χ1n) is 5.78. The summed E-state index contributed by atoms with van der Waals surface area (Å²) >= 11 is 0. The molecule has 2 aromatic carbocycles. The van der Waals surface area contributed by atoms with Gasteiger partial charge in [-0.2, -0.15) is 5.26 Å². The quantitative estimate of drug-likeness (QED) is 0.491. The molecule has 2 rings (SSSR count). The van der Waals surface area contributed by atoms with E-state index in [-0.39, 0.29) is 5.56 Å². The van der Waals surface area contributed by atoms with Gasteiger partial charge in [-0.25, -0.2) is 17.6 Å². The number of halogens is 4.